The molecule has 146 valence electrons. The third-order valence-electron chi connectivity index (χ3n) is 4.83. The Balaban J connectivity index is 0.00000261. The predicted octanol–water partition coefficient (Wildman–Crippen LogP) is 4.42. The molecule has 27 heavy (non-hydrogen) atoms. The summed E-state index contributed by atoms with van der Waals surface area (Å²) < 4.78 is 27.7. The minimum absolute atomic E-state index is 0. The zero-order valence-electron chi connectivity index (χ0n) is 15.0. The van der Waals surface area contributed by atoms with Gasteiger partial charge in [0, 0.05) is 18.0 Å². The molecule has 0 bridgehead atoms. The molecule has 1 aliphatic rings. The third kappa shape index (κ3) is 5.00. The maximum Gasteiger partial charge on any atom is 0.240 e. The van der Waals surface area contributed by atoms with Gasteiger partial charge in [0.25, 0.3) is 0 Å². The Kier molecular flexibility index (Phi) is 7.25. The number of likely N-dealkylation sites (tertiary alicyclic amines) is 1. The molecule has 0 spiro atoms. The Morgan fingerprint density at radius 2 is 1.96 bits per heavy atom. The van der Waals surface area contributed by atoms with Crippen LogP contribution < -0.4 is 5.73 Å². The lowest BCUT2D eigenvalue weighted by Crippen LogP contribution is -2.36. The summed E-state index contributed by atoms with van der Waals surface area (Å²) in [6.45, 7) is 3.79. The number of hydrogen-bond donors (Lipinski definition) is 1. The van der Waals surface area contributed by atoms with Crippen LogP contribution in [0.2, 0.25) is 0 Å². The summed E-state index contributed by atoms with van der Waals surface area (Å²) in [5.74, 6) is -1.15. The van der Waals surface area contributed by atoms with E-state index in [1.54, 1.807) is 4.90 Å². The molecular formula is C20H23ClF2N2OS. The first-order chi connectivity index (χ1) is 12.4. The van der Waals surface area contributed by atoms with E-state index in [9.17, 15) is 13.6 Å². The van der Waals surface area contributed by atoms with Crippen molar-refractivity contribution in [3.63, 3.8) is 0 Å². The van der Waals surface area contributed by atoms with Crippen molar-refractivity contribution in [1.82, 2.24) is 4.90 Å². The van der Waals surface area contributed by atoms with E-state index in [2.05, 4.69) is 6.92 Å². The summed E-state index contributed by atoms with van der Waals surface area (Å²) in [6.07, 6.45) is 0.843. The Morgan fingerprint density at radius 3 is 2.59 bits per heavy atom. The van der Waals surface area contributed by atoms with Gasteiger partial charge < -0.3 is 10.6 Å². The number of nitrogens with two attached hydrogens (primary N) is 1. The van der Waals surface area contributed by atoms with Crippen LogP contribution in [0.25, 0.3) is 0 Å². The lowest BCUT2D eigenvalue weighted by Gasteiger charge is -2.26. The van der Waals surface area contributed by atoms with E-state index in [1.807, 2.05) is 30.3 Å². The van der Waals surface area contributed by atoms with Crippen LogP contribution in [0.1, 0.15) is 24.2 Å². The van der Waals surface area contributed by atoms with Crippen LogP contribution >= 0.6 is 24.2 Å². The molecule has 7 heteroatoms. The van der Waals surface area contributed by atoms with E-state index < -0.39 is 16.9 Å². The van der Waals surface area contributed by atoms with E-state index >= 15 is 0 Å². The van der Waals surface area contributed by atoms with Gasteiger partial charge >= 0.3 is 0 Å². The summed E-state index contributed by atoms with van der Waals surface area (Å²) in [5, 5.41) is -0.632. The molecule has 2 aromatic carbocycles. The van der Waals surface area contributed by atoms with Gasteiger partial charge in [-0.1, -0.05) is 37.3 Å². The fourth-order valence-corrected chi connectivity index (χ4v) is 4.29. The lowest BCUT2D eigenvalue weighted by atomic mass is 9.90. The first-order valence-electron chi connectivity index (χ1n) is 8.57. The summed E-state index contributed by atoms with van der Waals surface area (Å²) in [6, 6.07) is 12.5. The van der Waals surface area contributed by atoms with Crippen LogP contribution in [0.3, 0.4) is 0 Å². The SMILES string of the molecule is CC1(CN)CCN(C(=O)C(Sc2cc(F)ccc2F)c2ccccc2)C1.Cl. The number of hydrogen-bond acceptors (Lipinski definition) is 3. The molecule has 2 aromatic rings. The lowest BCUT2D eigenvalue weighted by molar-refractivity contribution is -0.130. The molecule has 1 heterocycles. The molecule has 2 N–H and O–H groups in total. The van der Waals surface area contributed by atoms with E-state index in [0.29, 0.717) is 19.6 Å². The highest BCUT2D eigenvalue weighted by atomic mass is 35.5. The van der Waals surface area contributed by atoms with Gasteiger partial charge in [0.05, 0.1) is 0 Å². The fraction of sp³-hybridized carbons (Fsp3) is 0.350. The number of carbonyl (C=O) groups is 1. The van der Waals surface area contributed by atoms with Crippen LogP contribution in [-0.2, 0) is 4.79 Å². The largest absolute Gasteiger partial charge is 0.341 e. The molecule has 0 radical (unpaired) electrons. The first-order valence-corrected chi connectivity index (χ1v) is 9.45. The molecule has 2 unspecified atom stereocenters. The minimum Gasteiger partial charge on any atom is -0.341 e. The number of benzene rings is 2. The second kappa shape index (κ2) is 9.04. The van der Waals surface area contributed by atoms with Crippen molar-refractivity contribution < 1.29 is 13.6 Å². The highest BCUT2D eigenvalue weighted by Gasteiger charge is 2.38. The maximum absolute atomic E-state index is 14.1. The average Bonchev–Trinajstić information content (AvgIpc) is 3.05. The summed E-state index contributed by atoms with van der Waals surface area (Å²) >= 11 is 1.05. The Bertz CT molecular complexity index is 793. The monoisotopic (exact) mass is 412 g/mol. The van der Waals surface area contributed by atoms with Crippen molar-refractivity contribution in [2.45, 2.75) is 23.5 Å². The fourth-order valence-electron chi connectivity index (χ4n) is 3.13. The van der Waals surface area contributed by atoms with E-state index in [4.69, 9.17) is 5.73 Å². The zero-order valence-corrected chi connectivity index (χ0v) is 16.7. The third-order valence-corrected chi connectivity index (χ3v) is 6.10. The van der Waals surface area contributed by atoms with Gasteiger partial charge in [-0.2, -0.15) is 0 Å². The molecule has 1 fully saturated rings. The molecule has 2 atom stereocenters. The number of nitrogens with zero attached hydrogens (tertiary/aromatic N) is 1. The van der Waals surface area contributed by atoms with Gasteiger partial charge in [0.2, 0.25) is 5.91 Å². The topological polar surface area (TPSA) is 46.3 Å². The van der Waals surface area contributed by atoms with E-state index in [1.165, 1.54) is 0 Å². The van der Waals surface area contributed by atoms with Crippen LogP contribution in [0.4, 0.5) is 8.78 Å². The molecule has 0 aliphatic carbocycles. The van der Waals surface area contributed by atoms with Crippen molar-refractivity contribution in [3.8, 4) is 0 Å². The molecule has 1 amide bonds. The molecule has 0 aromatic heterocycles. The minimum atomic E-state index is -0.632. The molecule has 3 nitrogen and oxygen atoms in total. The quantitative estimate of drug-likeness (QED) is 0.739. The van der Waals surface area contributed by atoms with Gasteiger partial charge in [0.1, 0.15) is 16.9 Å². The standard InChI is InChI=1S/C20H22F2N2OS.ClH/c1-20(12-23)9-10-24(13-20)19(25)18(14-5-3-2-4-6-14)26-17-11-15(21)7-8-16(17)22;/h2-8,11,18H,9-10,12-13,23H2,1H3;1H. The van der Waals surface area contributed by atoms with Crippen molar-refractivity contribution in [2.75, 3.05) is 19.6 Å². The number of thioether (sulfide) groups is 1. The number of halogens is 3. The zero-order chi connectivity index (χ0) is 18.7. The van der Waals surface area contributed by atoms with E-state index in [-0.39, 0.29) is 28.6 Å². The number of amides is 1. The smallest absolute Gasteiger partial charge is 0.240 e. The van der Waals surface area contributed by atoms with Crippen LogP contribution in [0.5, 0.6) is 0 Å². The molecular weight excluding hydrogens is 390 g/mol. The van der Waals surface area contributed by atoms with Crippen molar-refractivity contribution >= 4 is 30.1 Å². The van der Waals surface area contributed by atoms with Crippen molar-refractivity contribution in [2.24, 2.45) is 11.1 Å². The molecule has 0 saturated carbocycles. The van der Waals surface area contributed by atoms with Gasteiger partial charge in [-0.3, -0.25) is 4.79 Å². The van der Waals surface area contributed by atoms with Crippen molar-refractivity contribution in [1.29, 1.82) is 0 Å². The summed E-state index contributed by atoms with van der Waals surface area (Å²) in [4.78, 5) is 15.1. The van der Waals surface area contributed by atoms with E-state index in [0.717, 1.165) is 41.9 Å². The van der Waals surface area contributed by atoms with Gasteiger partial charge in [-0.15, -0.1) is 24.2 Å². The predicted molar refractivity (Wildman–Crippen MR) is 107 cm³/mol. The maximum atomic E-state index is 14.1. The van der Waals surface area contributed by atoms with Crippen molar-refractivity contribution in [3.05, 3.63) is 65.7 Å². The number of rotatable bonds is 5. The van der Waals surface area contributed by atoms with Crippen LogP contribution in [0, 0.1) is 17.0 Å². The first kappa shape index (κ1) is 21.7. The molecule has 1 aliphatic heterocycles. The summed E-state index contributed by atoms with van der Waals surface area (Å²) in [5.41, 5.74) is 6.52. The Hall–Kier alpha value is -1.63. The molecule has 3 rings (SSSR count). The highest BCUT2D eigenvalue weighted by Crippen LogP contribution is 2.40. The highest BCUT2D eigenvalue weighted by molar-refractivity contribution is 8.00. The summed E-state index contributed by atoms with van der Waals surface area (Å²) in [7, 11) is 0. The van der Waals surface area contributed by atoms with Gasteiger partial charge in [0.15, 0.2) is 0 Å². The van der Waals surface area contributed by atoms with Gasteiger partial charge in [-0.25, -0.2) is 8.78 Å². The Morgan fingerprint density at radius 1 is 1.26 bits per heavy atom. The van der Waals surface area contributed by atoms with Crippen LogP contribution in [0.15, 0.2) is 53.4 Å². The second-order valence-corrected chi connectivity index (χ2v) is 8.15. The number of carbonyl (C=O) groups excluding carboxylic acids is 1. The Labute approximate surface area is 168 Å². The average molecular weight is 413 g/mol. The van der Waals surface area contributed by atoms with Crippen LogP contribution in [-0.4, -0.2) is 30.4 Å². The second-order valence-electron chi connectivity index (χ2n) is 7.01. The normalized spacial score (nSPS) is 20.2. The molecule has 1 saturated heterocycles. The van der Waals surface area contributed by atoms with Gasteiger partial charge in [-0.05, 0) is 42.1 Å².